The third kappa shape index (κ3) is 4.33. The van der Waals surface area contributed by atoms with E-state index in [1.165, 1.54) is 0 Å². The Morgan fingerprint density at radius 1 is 0.567 bits per heavy atom. The number of anilines is 2. The van der Waals surface area contributed by atoms with Gasteiger partial charge in [-0.25, -0.2) is 0 Å². The molecular weight excluding hydrogens is 380 g/mol. The van der Waals surface area contributed by atoms with Gasteiger partial charge in [0.2, 0.25) is 0 Å². The minimum atomic E-state index is -0.289. The zero-order chi connectivity index (χ0) is 21.1. The Bertz CT molecular complexity index is 1090. The highest BCUT2D eigenvalue weighted by molar-refractivity contribution is 6.03. The van der Waals surface area contributed by atoms with Gasteiger partial charge < -0.3 is 19.5 Å². The predicted octanol–water partition coefficient (Wildman–Crippen LogP) is 5.66. The van der Waals surface area contributed by atoms with Crippen molar-refractivity contribution in [3.63, 3.8) is 0 Å². The van der Waals surface area contributed by atoms with Crippen molar-refractivity contribution in [2.24, 2.45) is 0 Å². The lowest BCUT2D eigenvalue weighted by atomic mass is 10.0. The van der Waals surface area contributed by atoms with Crippen molar-refractivity contribution >= 4 is 23.2 Å². The average Bonchev–Trinajstić information content (AvgIpc) is 3.38. The van der Waals surface area contributed by atoms with Crippen molar-refractivity contribution in [2.75, 3.05) is 10.6 Å². The summed E-state index contributed by atoms with van der Waals surface area (Å²) in [6, 6.07) is 21.8. The van der Waals surface area contributed by atoms with Crippen molar-refractivity contribution in [1.82, 2.24) is 0 Å². The van der Waals surface area contributed by atoms with Crippen LogP contribution in [0.2, 0.25) is 0 Å². The third-order valence-corrected chi connectivity index (χ3v) is 4.55. The van der Waals surface area contributed by atoms with Crippen LogP contribution in [0.25, 0.3) is 11.1 Å². The first-order valence-corrected chi connectivity index (χ1v) is 9.44. The summed E-state index contributed by atoms with van der Waals surface area (Å²) in [7, 11) is 0. The second-order valence-electron chi connectivity index (χ2n) is 6.88. The van der Waals surface area contributed by atoms with Crippen LogP contribution in [0.4, 0.5) is 11.4 Å². The first kappa shape index (κ1) is 19.3. The number of benzene rings is 2. The van der Waals surface area contributed by atoms with E-state index in [1.807, 2.05) is 48.5 Å². The van der Waals surface area contributed by atoms with Gasteiger partial charge in [-0.1, -0.05) is 24.3 Å². The molecule has 4 aromatic rings. The van der Waals surface area contributed by atoms with Crippen molar-refractivity contribution in [3.8, 4) is 11.1 Å². The lowest BCUT2D eigenvalue weighted by molar-refractivity contribution is 0.0988. The summed E-state index contributed by atoms with van der Waals surface area (Å²) in [5.74, 6) is 1.35. The quantitative estimate of drug-likeness (QED) is 0.453. The molecule has 2 aromatic heterocycles. The second kappa shape index (κ2) is 8.13. The number of carbonyl (C=O) groups is 2. The van der Waals surface area contributed by atoms with Crippen molar-refractivity contribution < 1.29 is 18.4 Å². The molecule has 0 aliphatic heterocycles. The maximum atomic E-state index is 12.2. The molecule has 0 bridgehead atoms. The Kier molecular flexibility index (Phi) is 5.22. The fourth-order valence-electron chi connectivity index (χ4n) is 2.99. The van der Waals surface area contributed by atoms with Crippen LogP contribution in [0.1, 0.15) is 32.6 Å². The molecular formula is C24H20N2O4. The van der Waals surface area contributed by atoms with Gasteiger partial charge in [-0.3, -0.25) is 9.59 Å². The van der Waals surface area contributed by atoms with Gasteiger partial charge in [0.05, 0.1) is 0 Å². The van der Waals surface area contributed by atoms with E-state index in [0.29, 0.717) is 22.9 Å². The first-order chi connectivity index (χ1) is 14.5. The molecule has 2 N–H and O–H groups in total. The van der Waals surface area contributed by atoms with Crippen LogP contribution in [-0.2, 0) is 0 Å². The van der Waals surface area contributed by atoms with Gasteiger partial charge >= 0.3 is 0 Å². The normalized spacial score (nSPS) is 10.6. The first-order valence-electron chi connectivity index (χ1n) is 9.44. The molecule has 0 spiro atoms. The lowest BCUT2D eigenvalue weighted by Crippen LogP contribution is -2.10. The van der Waals surface area contributed by atoms with Gasteiger partial charge in [-0.2, -0.15) is 0 Å². The van der Waals surface area contributed by atoms with E-state index in [1.54, 1.807) is 38.1 Å². The van der Waals surface area contributed by atoms with Crippen LogP contribution < -0.4 is 10.6 Å². The lowest BCUT2D eigenvalue weighted by Gasteiger charge is -2.07. The van der Waals surface area contributed by atoms with E-state index in [9.17, 15) is 9.59 Å². The summed E-state index contributed by atoms with van der Waals surface area (Å²) in [6.45, 7) is 3.58. The summed E-state index contributed by atoms with van der Waals surface area (Å²) in [4.78, 5) is 24.3. The smallest absolute Gasteiger partial charge is 0.291 e. The number of furan rings is 2. The van der Waals surface area contributed by atoms with E-state index < -0.39 is 0 Å². The van der Waals surface area contributed by atoms with Crippen molar-refractivity contribution in [3.05, 3.63) is 95.8 Å². The number of carbonyl (C=O) groups excluding carboxylic acids is 2. The average molecular weight is 400 g/mol. The van der Waals surface area contributed by atoms with Crippen molar-refractivity contribution in [1.29, 1.82) is 0 Å². The Balaban J connectivity index is 1.40. The summed E-state index contributed by atoms with van der Waals surface area (Å²) in [6.07, 6.45) is 0. The number of nitrogens with one attached hydrogen (secondary N) is 2. The molecule has 0 radical (unpaired) electrons. The van der Waals surface area contributed by atoms with Gasteiger partial charge in [-0.05, 0) is 73.5 Å². The molecule has 2 aromatic carbocycles. The molecule has 0 fully saturated rings. The zero-order valence-corrected chi connectivity index (χ0v) is 16.6. The molecule has 0 unspecified atom stereocenters. The SMILES string of the molecule is Cc1ccc(C(=O)Nc2ccc(-c3ccc(NC(=O)c4ccc(C)o4)cc3)cc2)o1. The number of aryl methyl sites for hydroxylation is 2. The Morgan fingerprint density at radius 2 is 0.933 bits per heavy atom. The minimum Gasteiger partial charge on any atom is -0.456 e. The Hall–Kier alpha value is -4.06. The maximum absolute atomic E-state index is 12.2. The number of rotatable bonds is 5. The van der Waals surface area contributed by atoms with E-state index in [2.05, 4.69) is 10.6 Å². The van der Waals surface area contributed by atoms with Gasteiger partial charge in [0, 0.05) is 11.4 Å². The summed E-state index contributed by atoms with van der Waals surface area (Å²) in [5, 5.41) is 5.62. The van der Waals surface area contributed by atoms with Gasteiger partial charge in [0.1, 0.15) is 11.5 Å². The second-order valence-corrected chi connectivity index (χ2v) is 6.88. The molecule has 0 saturated carbocycles. The largest absolute Gasteiger partial charge is 0.456 e. The highest BCUT2D eigenvalue weighted by Gasteiger charge is 2.11. The van der Waals surface area contributed by atoms with Crippen LogP contribution in [0.3, 0.4) is 0 Å². The molecule has 0 saturated heterocycles. The van der Waals surface area contributed by atoms with Crippen LogP contribution in [-0.4, -0.2) is 11.8 Å². The van der Waals surface area contributed by atoms with Gasteiger partial charge in [0.25, 0.3) is 11.8 Å². The third-order valence-electron chi connectivity index (χ3n) is 4.55. The highest BCUT2D eigenvalue weighted by Crippen LogP contribution is 2.24. The fourth-order valence-corrected chi connectivity index (χ4v) is 2.99. The van der Waals surface area contributed by atoms with Crippen LogP contribution in [0.5, 0.6) is 0 Å². The standard InChI is InChI=1S/C24H20N2O4/c1-15-3-13-21(29-15)23(27)25-19-9-5-17(6-10-19)18-7-11-20(12-8-18)26-24(28)22-14-4-16(2)30-22/h3-14H,1-2H3,(H,25,27)(H,26,28). The Morgan fingerprint density at radius 3 is 1.23 bits per heavy atom. The molecule has 6 nitrogen and oxygen atoms in total. The molecule has 30 heavy (non-hydrogen) atoms. The zero-order valence-electron chi connectivity index (χ0n) is 16.6. The topological polar surface area (TPSA) is 84.5 Å². The molecule has 0 atom stereocenters. The monoisotopic (exact) mass is 400 g/mol. The van der Waals surface area contributed by atoms with E-state index >= 15 is 0 Å². The number of hydrogen-bond acceptors (Lipinski definition) is 4. The van der Waals surface area contributed by atoms with Crippen LogP contribution in [0.15, 0.2) is 81.6 Å². The fraction of sp³-hybridized carbons (Fsp3) is 0.0833. The van der Waals surface area contributed by atoms with E-state index in [-0.39, 0.29) is 23.3 Å². The predicted molar refractivity (Wildman–Crippen MR) is 115 cm³/mol. The van der Waals surface area contributed by atoms with Gasteiger partial charge in [-0.15, -0.1) is 0 Å². The summed E-state index contributed by atoms with van der Waals surface area (Å²) < 4.78 is 10.7. The summed E-state index contributed by atoms with van der Waals surface area (Å²) in [5.41, 5.74) is 3.33. The molecule has 150 valence electrons. The molecule has 6 heteroatoms. The van der Waals surface area contributed by atoms with E-state index in [4.69, 9.17) is 8.83 Å². The minimum absolute atomic E-state index is 0.277. The number of hydrogen-bond donors (Lipinski definition) is 2. The Labute approximate surface area is 173 Å². The maximum Gasteiger partial charge on any atom is 0.291 e. The number of amides is 2. The van der Waals surface area contributed by atoms with Gasteiger partial charge in [0.15, 0.2) is 11.5 Å². The molecule has 0 aliphatic carbocycles. The molecule has 0 aliphatic rings. The highest BCUT2D eigenvalue weighted by atomic mass is 16.4. The van der Waals surface area contributed by atoms with Crippen LogP contribution in [0, 0.1) is 13.8 Å². The molecule has 4 rings (SSSR count). The summed E-state index contributed by atoms with van der Waals surface area (Å²) >= 11 is 0. The van der Waals surface area contributed by atoms with Crippen molar-refractivity contribution in [2.45, 2.75) is 13.8 Å². The molecule has 2 amide bonds. The van der Waals surface area contributed by atoms with E-state index in [0.717, 1.165) is 11.1 Å². The van der Waals surface area contributed by atoms with Crippen LogP contribution >= 0.6 is 0 Å². The molecule has 2 heterocycles.